The first-order valence-electron chi connectivity index (χ1n) is 19.3. The van der Waals surface area contributed by atoms with E-state index < -0.39 is 5.97 Å². The molecule has 66 heavy (non-hydrogen) atoms. The van der Waals surface area contributed by atoms with Crippen molar-refractivity contribution in [2.45, 2.75) is 19.8 Å². The molecule has 0 aliphatic carbocycles. The smallest absolute Gasteiger partial charge is 0.300 e. The number of nitrogens with two attached hydrogens (primary N) is 1. The van der Waals surface area contributed by atoms with Crippen LogP contribution >= 0.6 is 56.9 Å². The Kier molecular flexibility index (Phi) is 22.1. The lowest BCUT2D eigenvalue weighted by molar-refractivity contribution is -0.134. The fraction of sp³-hybridized carbons (Fsp3) is 0.220. The van der Waals surface area contributed by atoms with Crippen LogP contribution in [0.3, 0.4) is 0 Å². The van der Waals surface area contributed by atoms with Gasteiger partial charge in [-0.2, -0.15) is 0 Å². The predicted molar refractivity (Wildman–Crippen MR) is 257 cm³/mol. The predicted octanol–water partition coefficient (Wildman–Crippen LogP) is 6.88. The number of halogens is 1. The first-order valence-corrected chi connectivity index (χ1v) is 23.1. The zero-order valence-corrected chi connectivity index (χ0v) is 39.4. The summed E-state index contributed by atoms with van der Waals surface area (Å²) >= 11 is 12.4. The van der Waals surface area contributed by atoms with Crippen LogP contribution in [0.5, 0.6) is 11.5 Å². The topological polar surface area (TPSA) is 292 Å². The number of rotatable bonds is 14. The Bertz CT molecular complexity index is 2740. The molecule has 0 radical (unpaired) electrons. The molecule has 0 spiro atoms. The highest BCUT2D eigenvalue weighted by atomic mass is 35.5. The van der Waals surface area contributed by atoms with E-state index >= 15 is 0 Å². The average Bonchev–Trinajstić information content (AvgIpc) is 4.18. The van der Waals surface area contributed by atoms with Crippen molar-refractivity contribution >= 4 is 107 Å². The highest BCUT2D eigenvalue weighted by Gasteiger charge is 2.15. The Labute approximate surface area is 398 Å². The minimum Gasteiger partial charge on any atom is -0.492 e. The van der Waals surface area contributed by atoms with Gasteiger partial charge in [-0.3, -0.25) is 29.1 Å². The largest absolute Gasteiger partial charge is 0.492 e. The van der Waals surface area contributed by atoms with Crippen LogP contribution in [0.2, 0.25) is 5.15 Å². The van der Waals surface area contributed by atoms with Gasteiger partial charge in [0.2, 0.25) is 0 Å². The van der Waals surface area contributed by atoms with Crippen molar-refractivity contribution in [1.82, 2.24) is 50.5 Å². The third-order valence-corrected chi connectivity index (χ3v) is 11.6. The molecule has 8 rings (SSSR count). The van der Waals surface area contributed by atoms with Gasteiger partial charge in [-0.05, 0) is 31.5 Å². The minimum absolute atomic E-state index is 0.174. The summed E-state index contributed by atoms with van der Waals surface area (Å²) in [6, 6.07) is 3.33. The highest BCUT2D eigenvalue weighted by molar-refractivity contribution is 7.19. The van der Waals surface area contributed by atoms with Crippen molar-refractivity contribution in [3.05, 3.63) is 99.8 Å². The number of carboxylic acids is 1. The fourth-order valence-corrected chi connectivity index (χ4v) is 8.69. The van der Waals surface area contributed by atoms with Crippen LogP contribution in [0.15, 0.2) is 83.5 Å². The lowest BCUT2D eigenvalue weighted by atomic mass is 10.2. The molecular formula is C41H43ClN12O8S4. The normalized spacial score (nSPS) is 10.0. The van der Waals surface area contributed by atoms with Gasteiger partial charge in [-0.25, -0.2) is 29.9 Å². The minimum atomic E-state index is -0.833. The molecule has 0 atom stereocenters. The molecule has 8 aromatic rings. The van der Waals surface area contributed by atoms with Gasteiger partial charge in [-0.15, -0.1) is 45.3 Å². The van der Waals surface area contributed by atoms with Gasteiger partial charge in [-0.1, -0.05) is 11.6 Å². The molecule has 0 saturated heterocycles. The second-order valence-electron chi connectivity index (χ2n) is 12.4. The molecule has 0 saturated carbocycles. The van der Waals surface area contributed by atoms with Crippen molar-refractivity contribution in [2.24, 2.45) is 5.73 Å². The first-order chi connectivity index (χ1) is 32.0. The van der Waals surface area contributed by atoms with Crippen molar-refractivity contribution in [3.8, 4) is 32.6 Å². The molecule has 0 fully saturated rings. The number of carboxylic acid groups (broad SMARTS) is 2. The van der Waals surface area contributed by atoms with Crippen LogP contribution in [-0.2, 0) is 9.59 Å². The van der Waals surface area contributed by atoms with Gasteiger partial charge >= 0.3 is 0 Å². The van der Waals surface area contributed by atoms with E-state index in [1.165, 1.54) is 18.7 Å². The third-order valence-electron chi connectivity index (χ3n) is 7.92. The number of ether oxygens (including phenoxy) is 2. The summed E-state index contributed by atoms with van der Waals surface area (Å²) in [5.74, 6) is 0.754. The van der Waals surface area contributed by atoms with Gasteiger partial charge in [0.05, 0.1) is 47.5 Å². The molecule has 2 amide bonds. The number of nitrogens with zero attached hydrogens (tertiary/aromatic N) is 8. The van der Waals surface area contributed by atoms with E-state index in [0.29, 0.717) is 54.1 Å². The molecular weight excluding hydrogens is 952 g/mol. The van der Waals surface area contributed by atoms with Crippen molar-refractivity contribution in [3.63, 3.8) is 0 Å². The zero-order chi connectivity index (χ0) is 47.7. The molecule has 7 N–H and O–H groups in total. The summed E-state index contributed by atoms with van der Waals surface area (Å²) < 4.78 is 11.1. The number of pyridine rings is 2. The molecule has 8 aromatic heterocycles. The number of thiophene rings is 2. The number of aliphatic carboxylic acids is 1. The second kappa shape index (κ2) is 28.2. The van der Waals surface area contributed by atoms with Crippen molar-refractivity contribution in [2.75, 3.05) is 45.7 Å². The molecule has 0 aromatic carbocycles. The second-order valence-corrected chi connectivity index (χ2v) is 16.3. The van der Waals surface area contributed by atoms with Crippen LogP contribution in [0.1, 0.15) is 40.5 Å². The van der Waals surface area contributed by atoms with Gasteiger partial charge in [0.15, 0.2) is 0 Å². The van der Waals surface area contributed by atoms with Crippen LogP contribution in [0.4, 0.5) is 5.82 Å². The summed E-state index contributed by atoms with van der Waals surface area (Å²) in [7, 11) is 3.16. The first kappa shape index (κ1) is 51.8. The van der Waals surface area contributed by atoms with E-state index in [0.717, 1.165) is 67.2 Å². The molecule has 8 heterocycles. The molecule has 0 aliphatic heterocycles. The van der Waals surface area contributed by atoms with Crippen molar-refractivity contribution < 1.29 is 38.9 Å². The van der Waals surface area contributed by atoms with Gasteiger partial charge in [0.1, 0.15) is 54.8 Å². The summed E-state index contributed by atoms with van der Waals surface area (Å²) in [5.41, 5.74) is 8.37. The average molecular weight is 996 g/mol. The van der Waals surface area contributed by atoms with E-state index in [1.807, 2.05) is 16.1 Å². The van der Waals surface area contributed by atoms with E-state index in [1.54, 1.807) is 103 Å². The molecule has 25 heteroatoms. The van der Waals surface area contributed by atoms with Gasteiger partial charge < -0.3 is 41.4 Å². The number of fused-ring (bicyclic) bond motifs is 2. The van der Waals surface area contributed by atoms with Crippen LogP contribution in [0.25, 0.3) is 41.6 Å². The Morgan fingerprint density at radius 2 is 1.23 bits per heavy atom. The zero-order valence-electron chi connectivity index (χ0n) is 35.4. The summed E-state index contributed by atoms with van der Waals surface area (Å²) in [4.78, 5) is 75.7. The third kappa shape index (κ3) is 16.0. The maximum Gasteiger partial charge on any atom is 0.300 e. The Morgan fingerprint density at radius 1 is 0.742 bits per heavy atom. The number of aromatic nitrogens is 8. The van der Waals surface area contributed by atoms with Gasteiger partial charge in [0.25, 0.3) is 24.3 Å². The molecule has 0 unspecified atom stereocenters. The lowest BCUT2D eigenvalue weighted by Gasteiger charge is -2.09. The fourth-order valence-electron chi connectivity index (χ4n) is 5.15. The number of thiazole rings is 2. The number of anilines is 1. The Balaban J connectivity index is 0.000000217. The maximum absolute atomic E-state index is 11.7. The number of carbonyl (C=O) groups is 4. The van der Waals surface area contributed by atoms with E-state index in [9.17, 15) is 9.59 Å². The molecule has 20 nitrogen and oxygen atoms in total. The summed E-state index contributed by atoms with van der Waals surface area (Å²) in [5, 5.41) is 35.1. The van der Waals surface area contributed by atoms with E-state index in [2.05, 4.69) is 61.2 Å². The Hall–Kier alpha value is -6.83. The number of carbonyl (C=O) groups excluding carboxylic acids is 2. The summed E-state index contributed by atoms with van der Waals surface area (Å²) in [6.07, 6.45) is 14.3. The number of nitrogens with one attached hydrogen (secondary N) is 3. The summed E-state index contributed by atoms with van der Waals surface area (Å²) in [6.45, 7) is 3.13. The number of amides is 2. The monoisotopic (exact) mass is 994 g/mol. The van der Waals surface area contributed by atoms with E-state index in [4.69, 9.17) is 46.6 Å². The molecule has 0 bridgehead atoms. The van der Waals surface area contributed by atoms with Crippen molar-refractivity contribution in [1.29, 1.82) is 0 Å². The van der Waals surface area contributed by atoms with E-state index in [-0.39, 0.29) is 18.3 Å². The van der Waals surface area contributed by atoms with Gasteiger partial charge in [0, 0.05) is 85.0 Å². The highest BCUT2D eigenvalue weighted by Crippen LogP contribution is 2.38. The molecule has 346 valence electrons. The quantitative estimate of drug-likeness (QED) is 0.0368. The maximum atomic E-state index is 11.7. The van der Waals surface area contributed by atoms with Crippen LogP contribution in [0, 0.1) is 0 Å². The molecule has 0 aliphatic rings. The SMILES string of the molecule is CC(=O)O.CNC(=O)c1cncc(OCCCN)c1.CNC(=O)c1cncc(OCCCNc2ncnc3scc(-c4nccs4)c23)c1.Clc1ncnc2scc(-c3nccs3)c12.O=CO. The van der Waals surface area contributed by atoms with Crippen LogP contribution < -0.4 is 31.2 Å². The number of hydrogen-bond acceptors (Lipinski definition) is 20. The Morgan fingerprint density at radius 3 is 1.71 bits per heavy atom. The number of hydrogen-bond donors (Lipinski definition) is 6. The standard InChI is InChI=1S/C19H18N6O2S2.C10H15N3O2.C9H4ClN3S2.C2H4O2.CH2O2/c1-20-17(26)12-7-13(9-21-8-12)27-5-2-3-22-16-15-14(18-23-4-6-28-18)10-29-19(15)25-11-24-16;1-12-10(14)8-5-9(7-13-6-8)15-4-2-3-11;10-7-6-5(8-11-1-2-14-8)3-15-9(6)13-4-12-7;1-2(3)4;2-1-3/h4,6-11H,2-3,5H2,1H3,(H,20,26)(H,22,24,25);5-7H,2-4,11H2,1H3,(H,12,14);1-4H;1H3,(H,3,4);1H,(H,2,3). The lowest BCUT2D eigenvalue weighted by Crippen LogP contribution is -2.18. The van der Waals surface area contributed by atoms with Crippen LogP contribution in [-0.4, -0.2) is 115 Å².